The summed E-state index contributed by atoms with van der Waals surface area (Å²) >= 11 is 0. The molecule has 2 aliphatic rings. The lowest BCUT2D eigenvalue weighted by molar-refractivity contribution is 0.0761. The number of benzene rings is 1. The zero-order valence-electron chi connectivity index (χ0n) is 15.0. The van der Waals surface area contributed by atoms with Crippen molar-refractivity contribution in [2.75, 3.05) is 44.2 Å². The Bertz CT molecular complexity index is 725. The van der Waals surface area contributed by atoms with E-state index in [1.54, 1.807) is 0 Å². The summed E-state index contributed by atoms with van der Waals surface area (Å²) in [4.78, 5) is 17.1. The molecule has 1 amide bonds. The third kappa shape index (κ3) is 3.72. The number of hydrogen-bond donors (Lipinski definition) is 1. The van der Waals surface area contributed by atoms with Crippen molar-refractivity contribution in [3.05, 3.63) is 42.2 Å². The van der Waals surface area contributed by atoms with Crippen molar-refractivity contribution in [3.63, 3.8) is 0 Å². The Morgan fingerprint density at radius 3 is 2.65 bits per heavy atom. The molecule has 1 N–H and O–H groups in total. The summed E-state index contributed by atoms with van der Waals surface area (Å²) in [5.74, 6) is 0.0000890. The molecule has 0 aliphatic carbocycles. The molecule has 0 saturated carbocycles. The third-order valence-electron chi connectivity index (χ3n) is 5.32. The molecule has 0 unspecified atom stereocenters. The lowest BCUT2D eigenvalue weighted by atomic mass is 10.1. The van der Waals surface area contributed by atoms with Gasteiger partial charge in [-0.25, -0.2) is 4.68 Å². The molecule has 7 nitrogen and oxygen atoms in total. The number of carbonyl (C=O) groups is 1. The minimum absolute atomic E-state index is 0.0000890. The fourth-order valence-corrected chi connectivity index (χ4v) is 3.80. The molecule has 2 aliphatic heterocycles. The van der Waals surface area contributed by atoms with Gasteiger partial charge >= 0.3 is 0 Å². The number of amides is 1. The average molecular weight is 354 g/mol. The lowest BCUT2D eigenvalue weighted by Gasteiger charge is -2.23. The number of aromatic nitrogens is 3. The van der Waals surface area contributed by atoms with Crippen molar-refractivity contribution >= 4 is 11.6 Å². The number of anilines is 1. The van der Waals surface area contributed by atoms with E-state index >= 15 is 0 Å². The molecular weight excluding hydrogens is 328 g/mol. The molecule has 4 rings (SSSR count). The lowest BCUT2D eigenvalue weighted by Crippen LogP contribution is -2.35. The molecule has 2 saturated heterocycles. The van der Waals surface area contributed by atoms with Crippen LogP contribution in [0.3, 0.4) is 0 Å². The van der Waals surface area contributed by atoms with Crippen LogP contribution in [0.4, 0.5) is 5.69 Å². The maximum absolute atomic E-state index is 12.9. The quantitative estimate of drug-likeness (QED) is 0.906. The van der Waals surface area contributed by atoms with E-state index in [0.717, 1.165) is 52.0 Å². The molecule has 3 heterocycles. The number of para-hydroxylation sites is 1. The second-order valence-corrected chi connectivity index (χ2v) is 7.03. The monoisotopic (exact) mass is 354 g/mol. The van der Waals surface area contributed by atoms with Crippen molar-refractivity contribution in [2.45, 2.75) is 25.3 Å². The van der Waals surface area contributed by atoms with Gasteiger partial charge in [-0.15, -0.1) is 5.10 Å². The predicted molar refractivity (Wildman–Crippen MR) is 100 cm³/mol. The summed E-state index contributed by atoms with van der Waals surface area (Å²) < 4.78 is 1.88. The van der Waals surface area contributed by atoms with Gasteiger partial charge in [-0.2, -0.15) is 0 Å². The van der Waals surface area contributed by atoms with Crippen LogP contribution in [0, 0.1) is 0 Å². The van der Waals surface area contributed by atoms with Gasteiger partial charge < -0.3 is 15.1 Å². The number of piperidine rings is 1. The molecule has 0 radical (unpaired) electrons. The summed E-state index contributed by atoms with van der Waals surface area (Å²) in [6, 6.07) is 10.8. The summed E-state index contributed by atoms with van der Waals surface area (Å²) in [5, 5.41) is 11.7. The van der Waals surface area contributed by atoms with Gasteiger partial charge in [0.15, 0.2) is 5.69 Å². The molecule has 138 valence electrons. The number of nitrogens with one attached hydrogen (secondary N) is 1. The minimum atomic E-state index is 0.0000890. The Morgan fingerprint density at radius 2 is 1.85 bits per heavy atom. The van der Waals surface area contributed by atoms with Gasteiger partial charge in [-0.1, -0.05) is 23.4 Å². The predicted octanol–water partition coefficient (Wildman–Crippen LogP) is 1.56. The van der Waals surface area contributed by atoms with E-state index in [9.17, 15) is 4.79 Å². The first-order valence-electron chi connectivity index (χ1n) is 9.53. The van der Waals surface area contributed by atoms with Gasteiger partial charge in [-0.3, -0.25) is 4.79 Å². The van der Waals surface area contributed by atoms with Crippen LogP contribution in [0.15, 0.2) is 36.5 Å². The van der Waals surface area contributed by atoms with Crippen LogP contribution < -0.4 is 10.2 Å². The first-order chi connectivity index (χ1) is 12.8. The van der Waals surface area contributed by atoms with Gasteiger partial charge in [0.1, 0.15) is 0 Å². The summed E-state index contributed by atoms with van der Waals surface area (Å²) in [7, 11) is 0. The highest BCUT2D eigenvalue weighted by Crippen LogP contribution is 2.19. The summed E-state index contributed by atoms with van der Waals surface area (Å²) in [6.45, 7) is 5.29. The third-order valence-corrected chi connectivity index (χ3v) is 5.32. The van der Waals surface area contributed by atoms with E-state index in [2.05, 4.69) is 44.8 Å². The van der Waals surface area contributed by atoms with Gasteiger partial charge in [0.25, 0.3) is 5.91 Å². The van der Waals surface area contributed by atoms with E-state index < -0.39 is 0 Å². The van der Waals surface area contributed by atoms with Crippen molar-refractivity contribution in [1.82, 2.24) is 25.2 Å². The number of nitrogens with zero attached hydrogens (tertiary/aromatic N) is 5. The Hall–Kier alpha value is -2.41. The molecule has 2 fully saturated rings. The van der Waals surface area contributed by atoms with E-state index in [4.69, 9.17) is 0 Å². The molecule has 0 spiro atoms. The topological polar surface area (TPSA) is 66.3 Å². The zero-order valence-corrected chi connectivity index (χ0v) is 15.0. The summed E-state index contributed by atoms with van der Waals surface area (Å²) in [6.07, 6.45) is 4.86. The van der Waals surface area contributed by atoms with Crippen LogP contribution >= 0.6 is 0 Å². The van der Waals surface area contributed by atoms with E-state index in [1.807, 2.05) is 21.8 Å². The van der Waals surface area contributed by atoms with Gasteiger partial charge in [0.2, 0.25) is 0 Å². The average Bonchev–Trinajstić information content (AvgIpc) is 3.07. The van der Waals surface area contributed by atoms with Crippen LogP contribution in [0.1, 0.15) is 35.8 Å². The second-order valence-electron chi connectivity index (χ2n) is 7.03. The Kier molecular flexibility index (Phi) is 5.15. The molecule has 7 heteroatoms. The van der Waals surface area contributed by atoms with Crippen molar-refractivity contribution in [1.29, 1.82) is 0 Å². The molecule has 2 aromatic rings. The van der Waals surface area contributed by atoms with Crippen LogP contribution in [0.25, 0.3) is 0 Å². The van der Waals surface area contributed by atoms with Crippen LogP contribution in [0.5, 0.6) is 0 Å². The Morgan fingerprint density at radius 1 is 1.04 bits per heavy atom. The fourth-order valence-electron chi connectivity index (χ4n) is 3.80. The minimum Gasteiger partial charge on any atom is -0.370 e. The normalized spacial score (nSPS) is 19.4. The highest BCUT2D eigenvalue weighted by Gasteiger charge is 2.24. The molecular formula is C19H26N6O. The Labute approximate surface area is 154 Å². The van der Waals surface area contributed by atoms with E-state index in [-0.39, 0.29) is 5.91 Å². The first kappa shape index (κ1) is 17.0. The van der Waals surface area contributed by atoms with Crippen molar-refractivity contribution in [2.24, 2.45) is 0 Å². The van der Waals surface area contributed by atoms with Gasteiger partial charge in [0, 0.05) is 31.9 Å². The van der Waals surface area contributed by atoms with Crippen LogP contribution in [-0.2, 0) is 0 Å². The molecule has 0 bridgehead atoms. The maximum atomic E-state index is 12.9. The first-order valence-corrected chi connectivity index (χ1v) is 9.53. The highest BCUT2D eigenvalue weighted by atomic mass is 16.2. The molecule has 1 aromatic heterocycles. The zero-order chi connectivity index (χ0) is 17.8. The van der Waals surface area contributed by atoms with E-state index in [0.29, 0.717) is 18.3 Å². The Balaban J connectivity index is 1.40. The van der Waals surface area contributed by atoms with Crippen molar-refractivity contribution < 1.29 is 4.79 Å². The van der Waals surface area contributed by atoms with Crippen molar-refractivity contribution in [3.8, 4) is 0 Å². The molecule has 1 aromatic carbocycles. The standard InChI is InChI=1S/C19H26N6O/c26-19(18-15-25(22-21-18)17-7-9-20-10-8-17)24-12-4-11-23(13-14-24)16-5-2-1-3-6-16/h1-3,5-6,15,17,20H,4,7-14H2. The maximum Gasteiger partial charge on any atom is 0.276 e. The summed E-state index contributed by atoms with van der Waals surface area (Å²) in [5.41, 5.74) is 1.69. The SMILES string of the molecule is O=C(c1cn(C2CCNCC2)nn1)N1CCCN(c2ccccc2)CC1. The van der Waals surface area contributed by atoms with Gasteiger partial charge in [-0.05, 0) is 44.5 Å². The second kappa shape index (κ2) is 7.86. The van der Waals surface area contributed by atoms with Crippen LogP contribution in [0.2, 0.25) is 0 Å². The number of rotatable bonds is 3. The van der Waals surface area contributed by atoms with Crippen LogP contribution in [-0.4, -0.2) is 65.1 Å². The van der Waals surface area contributed by atoms with Gasteiger partial charge in [0.05, 0.1) is 12.2 Å². The molecule has 0 atom stereocenters. The van der Waals surface area contributed by atoms with E-state index in [1.165, 1.54) is 5.69 Å². The molecule has 26 heavy (non-hydrogen) atoms. The smallest absolute Gasteiger partial charge is 0.276 e. The number of hydrogen-bond acceptors (Lipinski definition) is 5. The number of carbonyl (C=O) groups excluding carboxylic acids is 1. The fraction of sp³-hybridized carbons (Fsp3) is 0.526. The highest BCUT2D eigenvalue weighted by molar-refractivity contribution is 5.92. The largest absolute Gasteiger partial charge is 0.370 e.